The Morgan fingerprint density at radius 2 is 1.20 bits per heavy atom. The van der Waals surface area contributed by atoms with Crippen LogP contribution in [-0.2, 0) is 11.2 Å². The molecular weight excluding hydrogens is 576 g/mol. The fraction of sp³-hybridized carbons (Fsp3) is 0.421. The molecule has 1 N–H and O–H groups in total. The lowest BCUT2D eigenvalue weighted by Crippen LogP contribution is -2.51. The smallest absolute Gasteiger partial charge is 0.261 e. The van der Waals surface area contributed by atoms with Gasteiger partial charge in [0.15, 0.2) is 0 Å². The van der Waals surface area contributed by atoms with Crippen molar-refractivity contribution in [2.75, 3.05) is 31.1 Å². The first-order chi connectivity index (χ1) is 22.4. The zero-order valence-electron chi connectivity index (χ0n) is 27.1. The molecule has 0 spiro atoms. The number of piperazine rings is 1. The maximum atomic E-state index is 14.3. The van der Waals surface area contributed by atoms with Crippen LogP contribution in [0.4, 0.5) is 5.69 Å². The second-order valence-electron chi connectivity index (χ2n) is 13.2. The Balaban J connectivity index is 1.51. The fourth-order valence-electron chi connectivity index (χ4n) is 8.87. The molecule has 1 saturated heterocycles. The lowest BCUT2D eigenvalue weighted by molar-refractivity contribution is -0.125. The van der Waals surface area contributed by atoms with Crippen LogP contribution < -0.4 is 15.4 Å². The van der Waals surface area contributed by atoms with Crippen molar-refractivity contribution in [2.24, 2.45) is 0 Å². The van der Waals surface area contributed by atoms with E-state index < -0.39 is 0 Å². The SMILES string of the molecule is CCC(CC)N1C(=O)C2=c3c(cc(N4CCNCC4)c4c3c(c3ccc5c6c(ccc4c36)C(=O)N(C(CC)CC)C5=O)CC2)C1=O. The lowest BCUT2D eigenvalue weighted by atomic mass is 9.78. The van der Waals surface area contributed by atoms with Crippen molar-refractivity contribution < 1.29 is 19.2 Å². The zero-order chi connectivity index (χ0) is 32.0. The topological polar surface area (TPSA) is 90.0 Å². The van der Waals surface area contributed by atoms with Crippen molar-refractivity contribution in [2.45, 2.75) is 78.3 Å². The van der Waals surface area contributed by atoms with E-state index in [1.807, 2.05) is 58.0 Å². The van der Waals surface area contributed by atoms with Crippen LogP contribution in [0, 0.1) is 0 Å². The monoisotopic (exact) mass is 616 g/mol. The Labute approximate surface area is 268 Å². The average molecular weight is 617 g/mol. The molecule has 0 aromatic heterocycles. The van der Waals surface area contributed by atoms with Gasteiger partial charge in [0.25, 0.3) is 23.6 Å². The summed E-state index contributed by atoms with van der Waals surface area (Å²) in [5.74, 6) is -0.812. The van der Waals surface area contributed by atoms with E-state index in [4.69, 9.17) is 0 Å². The number of amides is 4. The first-order valence-electron chi connectivity index (χ1n) is 17.1. The molecular formula is C38H40N4O4. The number of rotatable bonds is 7. The zero-order valence-corrected chi connectivity index (χ0v) is 27.1. The highest BCUT2D eigenvalue weighted by Gasteiger charge is 2.41. The van der Waals surface area contributed by atoms with Crippen molar-refractivity contribution in [3.8, 4) is 0 Å². The van der Waals surface area contributed by atoms with Crippen LogP contribution in [-0.4, -0.2) is 71.7 Å². The number of nitrogens with one attached hydrogen (secondary N) is 1. The van der Waals surface area contributed by atoms with Gasteiger partial charge in [0.1, 0.15) is 0 Å². The van der Waals surface area contributed by atoms with Gasteiger partial charge in [-0.1, -0.05) is 39.8 Å². The Bertz CT molecular complexity index is 2060. The molecule has 1 aliphatic carbocycles. The van der Waals surface area contributed by atoms with Crippen LogP contribution in [0.5, 0.6) is 0 Å². The second kappa shape index (κ2) is 10.6. The van der Waals surface area contributed by atoms with E-state index in [0.717, 1.165) is 93.4 Å². The van der Waals surface area contributed by atoms with Crippen molar-refractivity contribution in [1.29, 1.82) is 0 Å². The van der Waals surface area contributed by atoms with Gasteiger partial charge in [-0.25, -0.2) is 0 Å². The van der Waals surface area contributed by atoms with E-state index in [1.165, 1.54) is 9.80 Å². The molecule has 3 heterocycles. The van der Waals surface area contributed by atoms with Gasteiger partial charge in [0.2, 0.25) is 0 Å². The molecule has 1 fully saturated rings. The van der Waals surface area contributed by atoms with Gasteiger partial charge in [-0.3, -0.25) is 29.0 Å². The minimum Gasteiger partial charge on any atom is -0.368 e. The number of hydrogen-bond acceptors (Lipinski definition) is 6. The van der Waals surface area contributed by atoms with Crippen molar-refractivity contribution in [3.05, 3.63) is 57.8 Å². The minimum absolute atomic E-state index is 0.142. The van der Waals surface area contributed by atoms with Crippen LogP contribution in [0.25, 0.3) is 37.9 Å². The third kappa shape index (κ3) is 3.70. The predicted molar refractivity (Wildman–Crippen MR) is 181 cm³/mol. The van der Waals surface area contributed by atoms with Crippen molar-refractivity contribution in [3.63, 3.8) is 0 Å². The number of benzene rings is 4. The summed E-state index contributed by atoms with van der Waals surface area (Å²) in [5.41, 5.74) is 4.57. The largest absolute Gasteiger partial charge is 0.368 e. The van der Waals surface area contributed by atoms with Gasteiger partial charge >= 0.3 is 0 Å². The van der Waals surface area contributed by atoms with Gasteiger partial charge in [-0.2, -0.15) is 0 Å². The summed E-state index contributed by atoms with van der Waals surface area (Å²) in [4.78, 5) is 61.9. The summed E-state index contributed by atoms with van der Waals surface area (Å²) in [6.45, 7) is 11.3. The van der Waals surface area contributed by atoms with E-state index in [0.29, 0.717) is 42.4 Å². The molecule has 8 nitrogen and oxygen atoms in total. The molecule has 4 aromatic carbocycles. The van der Waals surface area contributed by atoms with E-state index in [1.54, 1.807) is 0 Å². The summed E-state index contributed by atoms with van der Waals surface area (Å²) in [7, 11) is 0. The van der Waals surface area contributed by atoms with Gasteiger partial charge in [0, 0.05) is 76.6 Å². The van der Waals surface area contributed by atoms with E-state index in [2.05, 4.69) is 10.2 Å². The standard InChI is InChI=1S/C38H40N4O4/c1-5-20(6-2)41-35(43)25-12-9-22-23-10-13-27-32-28(38(46)42(37(27)45)21(7-3)8-4)19-29(40-17-15-39-16-18-40)33(34(23)32)24-11-14-26(36(41)44)31(25)30(22)24/h9,11-12,14,19-21,39H,5-8,10,13,15-18H2,1-4H3. The van der Waals surface area contributed by atoms with Gasteiger partial charge in [0.05, 0.1) is 5.56 Å². The van der Waals surface area contributed by atoms with Crippen molar-refractivity contribution >= 4 is 67.2 Å². The fourth-order valence-corrected chi connectivity index (χ4v) is 8.87. The molecule has 0 bridgehead atoms. The van der Waals surface area contributed by atoms with Crippen LogP contribution in [0.15, 0.2) is 30.3 Å². The Kier molecular flexibility index (Phi) is 6.73. The summed E-state index contributed by atoms with van der Waals surface area (Å²) >= 11 is 0. The molecule has 3 aliphatic heterocycles. The number of carbonyl (C=O) groups excluding carboxylic acids is 4. The molecule has 46 heavy (non-hydrogen) atoms. The van der Waals surface area contributed by atoms with Crippen LogP contribution >= 0.6 is 0 Å². The van der Waals surface area contributed by atoms with Gasteiger partial charge < -0.3 is 10.2 Å². The highest BCUT2D eigenvalue weighted by atomic mass is 16.2. The third-order valence-electron chi connectivity index (χ3n) is 11.2. The first kappa shape index (κ1) is 29.1. The number of fused-ring (bicyclic) bond motifs is 2. The number of imide groups is 2. The van der Waals surface area contributed by atoms with E-state index >= 15 is 0 Å². The summed E-state index contributed by atoms with van der Waals surface area (Å²) in [6, 6.07) is 9.62. The Hall–Kier alpha value is -4.30. The predicted octanol–water partition coefficient (Wildman–Crippen LogP) is 5.33. The lowest BCUT2D eigenvalue weighted by Gasteiger charge is -2.38. The van der Waals surface area contributed by atoms with E-state index in [-0.39, 0.29) is 35.7 Å². The molecule has 0 radical (unpaired) electrons. The molecule has 8 rings (SSSR count). The van der Waals surface area contributed by atoms with Crippen LogP contribution in [0.2, 0.25) is 0 Å². The summed E-state index contributed by atoms with van der Waals surface area (Å²) < 4.78 is 0. The molecule has 236 valence electrons. The first-order valence-corrected chi connectivity index (χ1v) is 17.1. The Morgan fingerprint density at radius 1 is 0.630 bits per heavy atom. The molecule has 8 heteroatoms. The quantitative estimate of drug-likeness (QED) is 0.172. The normalized spacial score (nSPS) is 18.1. The van der Waals surface area contributed by atoms with Gasteiger partial charge in [-0.15, -0.1) is 0 Å². The molecule has 0 saturated carbocycles. The molecule has 4 aliphatic rings. The minimum atomic E-state index is -0.226. The average Bonchev–Trinajstić information content (AvgIpc) is 3.09. The highest BCUT2D eigenvalue weighted by Crippen LogP contribution is 2.46. The molecule has 0 atom stereocenters. The molecule has 4 amide bonds. The van der Waals surface area contributed by atoms with Crippen molar-refractivity contribution in [1.82, 2.24) is 15.1 Å². The number of hydrogen-bond donors (Lipinski definition) is 1. The maximum Gasteiger partial charge on any atom is 0.261 e. The van der Waals surface area contributed by atoms with Crippen LogP contribution in [0.3, 0.4) is 0 Å². The molecule has 0 unspecified atom stereocenters. The highest BCUT2D eigenvalue weighted by molar-refractivity contribution is 6.36. The van der Waals surface area contributed by atoms with Crippen LogP contribution in [0.1, 0.15) is 96.4 Å². The number of nitrogens with zero attached hydrogens (tertiary/aromatic N) is 3. The summed E-state index contributed by atoms with van der Waals surface area (Å²) in [5, 5.41) is 9.88. The second-order valence-corrected chi connectivity index (χ2v) is 13.2. The number of carbonyl (C=O) groups is 4. The number of aryl methyl sites for hydroxylation is 1. The molecule has 4 aromatic rings. The summed E-state index contributed by atoms with van der Waals surface area (Å²) in [6.07, 6.45) is 4.04. The Morgan fingerprint density at radius 3 is 1.80 bits per heavy atom. The van der Waals surface area contributed by atoms with Gasteiger partial charge in [-0.05, 0) is 83.8 Å². The number of anilines is 1. The third-order valence-corrected chi connectivity index (χ3v) is 11.2. The maximum absolute atomic E-state index is 14.3. The van der Waals surface area contributed by atoms with E-state index in [9.17, 15) is 19.2 Å².